The first-order chi connectivity index (χ1) is 17.8. The number of carbonyl (C=O) groups is 1. The number of aryl methyl sites for hydroxylation is 1. The van der Waals surface area contributed by atoms with Gasteiger partial charge in [-0.2, -0.15) is 0 Å². The Morgan fingerprint density at radius 3 is 2.38 bits per heavy atom. The van der Waals surface area contributed by atoms with E-state index in [9.17, 15) is 23.9 Å². The number of halogens is 1. The van der Waals surface area contributed by atoms with Gasteiger partial charge in [0.15, 0.2) is 0 Å². The van der Waals surface area contributed by atoms with Gasteiger partial charge in [0.1, 0.15) is 25.1 Å². The highest BCUT2D eigenvalue weighted by Gasteiger charge is 2.27. The van der Waals surface area contributed by atoms with Crippen LogP contribution >= 0.6 is 0 Å². The highest BCUT2D eigenvalue weighted by atomic mass is 19.1. The van der Waals surface area contributed by atoms with Crippen molar-refractivity contribution in [3.63, 3.8) is 0 Å². The number of H-pyrrole nitrogens is 1. The summed E-state index contributed by atoms with van der Waals surface area (Å²) in [5, 5.41) is 10.6. The molecular formula is C28H27FN2O6. The van der Waals surface area contributed by atoms with E-state index in [1.807, 2.05) is 30.3 Å². The molecule has 0 radical (unpaired) electrons. The van der Waals surface area contributed by atoms with Crippen LogP contribution < -0.4 is 11.2 Å². The summed E-state index contributed by atoms with van der Waals surface area (Å²) in [6.45, 7) is 1.21. The Kier molecular flexibility index (Phi) is 7.95. The average Bonchev–Trinajstić information content (AvgIpc) is 2.91. The van der Waals surface area contributed by atoms with Crippen molar-refractivity contribution in [2.24, 2.45) is 0 Å². The largest absolute Gasteiger partial charge is 0.459 e. The van der Waals surface area contributed by atoms with Gasteiger partial charge in [0.05, 0.1) is 16.5 Å². The van der Waals surface area contributed by atoms with Crippen LogP contribution in [0.25, 0.3) is 22.0 Å². The number of ether oxygens (including phenoxy) is 2. The normalized spacial score (nSPS) is 13.7. The van der Waals surface area contributed by atoms with Gasteiger partial charge in [-0.3, -0.25) is 14.3 Å². The van der Waals surface area contributed by atoms with Gasteiger partial charge in [0.25, 0.3) is 5.56 Å². The van der Waals surface area contributed by atoms with Crippen molar-refractivity contribution in [1.29, 1.82) is 0 Å². The number of hydrogen-bond donors (Lipinski definition) is 2. The van der Waals surface area contributed by atoms with Gasteiger partial charge >= 0.3 is 11.7 Å². The van der Waals surface area contributed by atoms with Gasteiger partial charge in [0.2, 0.25) is 0 Å². The molecule has 0 bridgehead atoms. The number of aliphatic hydroxyl groups excluding tert-OH is 1. The van der Waals surface area contributed by atoms with Crippen molar-refractivity contribution in [1.82, 2.24) is 9.55 Å². The van der Waals surface area contributed by atoms with Crippen molar-refractivity contribution >= 4 is 16.9 Å². The molecule has 4 aromatic rings. The van der Waals surface area contributed by atoms with E-state index in [1.165, 1.54) is 7.11 Å². The molecule has 37 heavy (non-hydrogen) atoms. The van der Waals surface area contributed by atoms with E-state index in [0.29, 0.717) is 0 Å². The first kappa shape index (κ1) is 26.0. The number of hydrogen-bond acceptors (Lipinski definition) is 6. The molecule has 2 N–H and O–H groups in total. The lowest BCUT2D eigenvalue weighted by Gasteiger charge is -2.24. The monoisotopic (exact) mass is 506 g/mol. The van der Waals surface area contributed by atoms with Crippen LogP contribution in [0, 0.1) is 6.92 Å². The van der Waals surface area contributed by atoms with Crippen LogP contribution in [0.5, 0.6) is 0 Å². The van der Waals surface area contributed by atoms with Gasteiger partial charge in [-0.25, -0.2) is 14.0 Å². The summed E-state index contributed by atoms with van der Waals surface area (Å²) in [6.07, 6.45) is -5.09. The van der Waals surface area contributed by atoms with Crippen LogP contribution in [-0.4, -0.2) is 46.6 Å². The third kappa shape index (κ3) is 5.84. The lowest BCUT2D eigenvalue weighted by molar-refractivity contribution is -0.0356. The Morgan fingerprint density at radius 2 is 1.70 bits per heavy atom. The third-order valence-corrected chi connectivity index (χ3v) is 6.11. The highest BCUT2D eigenvalue weighted by Crippen LogP contribution is 2.23. The van der Waals surface area contributed by atoms with Gasteiger partial charge in [0, 0.05) is 13.5 Å². The minimum atomic E-state index is -1.89. The van der Waals surface area contributed by atoms with E-state index in [1.54, 1.807) is 49.4 Å². The van der Waals surface area contributed by atoms with Gasteiger partial charge in [-0.15, -0.1) is 0 Å². The van der Waals surface area contributed by atoms with Crippen molar-refractivity contribution in [2.45, 2.75) is 31.8 Å². The van der Waals surface area contributed by atoms with Gasteiger partial charge in [-0.05, 0) is 42.3 Å². The molecule has 0 aliphatic carbocycles. The zero-order valence-electron chi connectivity index (χ0n) is 20.4. The molecule has 0 spiro atoms. The number of rotatable bonds is 9. The summed E-state index contributed by atoms with van der Waals surface area (Å²) >= 11 is 0. The van der Waals surface area contributed by atoms with Crippen molar-refractivity contribution in [3.05, 3.63) is 105 Å². The Balaban J connectivity index is 1.41. The number of aliphatic hydroxyl groups is 1. The van der Waals surface area contributed by atoms with E-state index >= 15 is 0 Å². The van der Waals surface area contributed by atoms with E-state index in [-0.39, 0.29) is 16.5 Å². The van der Waals surface area contributed by atoms with E-state index in [2.05, 4.69) is 4.98 Å². The zero-order valence-corrected chi connectivity index (χ0v) is 20.4. The van der Waals surface area contributed by atoms with Crippen molar-refractivity contribution < 1.29 is 23.8 Å². The number of nitrogens with one attached hydrogen (secondary N) is 1. The molecule has 0 saturated heterocycles. The van der Waals surface area contributed by atoms with Gasteiger partial charge in [-0.1, -0.05) is 54.1 Å². The molecule has 0 amide bonds. The molecule has 1 aromatic heterocycles. The Labute approximate surface area is 211 Å². The fraction of sp³-hybridized carbons (Fsp3) is 0.250. The summed E-state index contributed by atoms with van der Waals surface area (Å²) in [6, 6.07) is 21.3. The number of methoxy groups -OCH3 is 1. The summed E-state index contributed by atoms with van der Waals surface area (Å²) in [7, 11) is 1.29. The smallest absolute Gasteiger partial charge is 0.338 e. The van der Waals surface area contributed by atoms with Gasteiger partial charge < -0.3 is 14.6 Å². The number of fused-ring (bicyclic) bond motifs is 1. The molecule has 1 heterocycles. The molecule has 4 rings (SSSR count). The van der Waals surface area contributed by atoms with E-state index in [0.717, 1.165) is 21.3 Å². The van der Waals surface area contributed by atoms with E-state index in [4.69, 9.17) is 9.47 Å². The molecule has 9 heteroatoms. The van der Waals surface area contributed by atoms with Crippen molar-refractivity contribution in [2.75, 3.05) is 13.7 Å². The first-order valence-electron chi connectivity index (χ1n) is 11.7. The average molecular weight is 507 g/mol. The molecule has 3 aromatic carbocycles. The first-order valence-corrected chi connectivity index (χ1v) is 11.7. The standard InChI is InChI=1S/C28H27FN2O6/c1-17-8-13-23-21(14-17)26(33)30-28(35)31(23)25(36-2)15-22(29)24(32)16-37-27(34)20-11-9-19(10-12-20)18-6-4-3-5-7-18/h3-14,22,24-25,32H,15-16H2,1-2H3,(H,30,33,35)/t22-,24+,25+/m0/s1. The quantitative estimate of drug-likeness (QED) is 0.335. The van der Waals surface area contributed by atoms with Crippen LogP contribution in [0.15, 0.2) is 82.4 Å². The highest BCUT2D eigenvalue weighted by molar-refractivity contribution is 5.90. The maximum absolute atomic E-state index is 15.0. The van der Waals surface area contributed by atoms with E-state index < -0.39 is 48.7 Å². The molecule has 8 nitrogen and oxygen atoms in total. The predicted octanol–water partition coefficient (Wildman–Crippen LogP) is 3.76. The van der Waals surface area contributed by atoms with Crippen LogP contribution in [0.4, 0.5) is 4.39 Å². The second-order valence-electron chi connectivity index (χ2n) is 8.70. The number of esters is 1. The molecule has 3 atom stereocenters. The SMILES string of the molecule is CO[C@H](C[C@H](F)[C@H](O)COC(=O)c1ccc(-c2ccccc2)cc1)n1c(=O)[nH]c(=O)c2cc(C)ccc21. The summed E-state index contributed by atoms with van der Waals surface area (Å²) in [5.41, 5.74) is 1.95. The number of nitrogens with zero attached hydrogens (tertiary/aromatic N) is 1. The second-order valence-corrected chi connectivity index (χ2v) is 8.70. The third-order valence-electron chi connectivity index (χ3n) is 6.11. The Bertz CT molecular complexity index is 1500. The minimum absolute atomic E-state index is 0.254. The summed E-state index contributed by atoms with van der Waals surface area (Å²) < 4.78 is 26.6. The maximum Gasteiger partial charge on any atom is 0.338 e. The minimum Gasteiger partial charge on any atom is -0.459 e. The topological polar surface area (TPSA) is 111 Å². The lowest BCUT2D eigenvalue weighted by Crippen LogP contribution is -2.37. The Hall–Kier alpha value is -4.08. The fourth-order valence-electron chi connectivity index (χ4n) is 4.10. The predicted molar refractivity (Wildman–Crippen MR) is 137 cm³/mol. The number of alkyl halides is 1. The van der Waals surface area contributed by atoms with Crippen LogP contribution in [-0.2, 0) is 9.47 Å². The van der Waals surface area contributed by atoms with Crippen LogP contribution in [0.3, 0.4) is 0 Å². The zero-order chi connectivity index (χ0) is 26.5. The molecule has 0 unspecified atom stereocenters. The molecule has 0 fully saturated rings. The molecule has 0 aliphatic heterocycles. The summed E-state index contributed by atoms with van der Waals surface area (Å²) in [5.74, 6) is -0.702. The van der Waals surface area contributed by atoms with Crippen LogP contribution in [0.1, 0.15) is 28.6 Å². The fourth-order valence-corrected chi connectivity index (χ4v) is 4.10. The lowest BCUT2D eigenvalue weighted by atomic mass is 10.0. The maximum atomic E-state index is 15.0. The molecule has 192 valence electrons. The number of carbonyl (C=O) groups excluding carboxylic acids is 1. The number of aromatic nitrogens is 2. The molecule has 0 saturated carbocycles. The second kappa shape index (κ2) is 11.3. The molecule has 0 aliphatic rings. The van der Waals surface area contributed by atoms with Crippen molar-refractivity contribution in [3.8, 4) is 11.1 Å². The number of aromatic amines is 1. The Morgan fingerprint density at radius 1 is 1.03 bits per heavy atom. The number of benzene rings is 3. The summed E-state index contributed by atoms with van der Waals surface area (Å²) in [4.78, 5) is 39.4. The molecular weight excluding hydrogens is 479 g/mol. The van der Waals surface area contributed by atoms with Crippen LogP contribution in [0.2, 0.25) is 0 Å².